The Kier molecular flexibility index (Phi) is 15.2. The van der Waals surface area contributed by atoms with Crippen LogP contribution in [0.2, 0.25) is 0 Å². The molecule has 0 saturated carbocycles. The Balaban J connectivity index is 3.70. The largest absolute Gasteiger partial charge is 0.478 e. The normalized spacial score (nSPS) is 14.2. The minimum Gasteiger partial charge on any atom is -0.478 e. The Labute approximate surface area is 140 Å². The summed E-state index contributed by atoms with van der Waals surface area (Å²) in [5.74, 6) is -0.938. The van der Waals surface area contributed by atoms with E-state index >= 15 is 0 Å². The number of hydrogen-bond acceptors (Lipinski definition) is 2. The molecular weight excluding hydrogens is 288 g/mol. The van der Waals surface area contributed by atoms with Gasteiger partial charge in [0.2, 0.25) is 0 Å². The van der Waals surface area contributed by atoms with Crippen LogP contribution in [0.5, 0.6) is 0 Å². The predicted molar refractivity (Wildman–Crippen MR) is 97.3 cm³/mol. The van der Waals surface area contributed by atoms with Gasteiger partial charge in [-0.2, -0.15) is 0 Å². The maximum atomic E-state index is 10.2. The zero-order valence-electron chi connectivity index (χ0n) is 14.1. The van der Waals surface area contributed by atoms with E-state index in [1.165, 1.54) is 19.3 Å². The second kappa shape index (κ2) is 16.5. The Morgan fingerprint density at radius 3 is 2.43 bits per heavy atom. The van der Waals surface area contributed by atoms with E-state index in [0.717, 1.165) is 18.9 Å². The van der Waals surface area contributed by atoms with Gasteiger partial charge >= 0.3 is 5.97 Å². The fraction of sp³-hybridized carbons (Fsp3) is 0.450. The molecule has 0 aliphatic heterocycles. The third kappa shape index (κ3) is 18.1. The standard InChI is InChI=1S/C20H30O3/c1-2-3-4-5-6-7-8-10-13-16-19(21)17-14-11-9-12-15-18-20(22)23/h6-7,9-11,13-15,17-19,21H,2-5,8,12,16H2,1H3,(H,22,23). The number of carbonyl (C=O) groups is 1. The van der Waals surface area contributed by atoms with E-state index < -0.39 is 12.1 Å². The monoisotopic (exact) mass is 318 g/mol. The maximum Gasteiger partial charge on any atom is 0.327 e. The zero-order valence-corrected chi connectivity index (χ0v) is 14.1. The molecule has 1 unspecified atom stereocenters. The third-order valence-electron chi connectivity index (χ3n) is 3.07. The topological polar surface area (TPSA) is 57.5 Å². The van der Waals surface area contributed by atoms with Crippen molar-refractivity contribution in [3.63, 3.8) is 0 Å². The quantitative estimate of drug-likeness (QED) is 0.218. The number of aliphatic carboxylic acids is 1. The predicted octanol–water partition coefficient (Wildman–Crippen LogP) is 4.96. The van der Waals surface area contributed by atoms with Crippen LogP contribution in [-0.2, 0) is 4.79 Å². The first-order valence-corrected chi connectivity index (χ1v) is 8.37. The number of carboxylic acids is 1. The van der Waals surface area contributed by atoms with Crippen molar-refractivity contribution in [2.75, 3.05) is 0 Å². The summed E-state index contributed by atoms with van der Waals surface area (Å²) in [6.07, 6.45) is 24.8. The molecule has 23 heavy (non-hydrogen) atoms. The van der Waals surface area contributed by atoms with Crippen LogP contribution in [0.25, 0.3) is 0 Å². The highest BCUT2D eigenvalue weighted by Crippen LogP contribution is 2.01. The molecule has 3 nitrogen and oxygen atoms in total. The highest BCUT2D eigenvalue weighted by atomic mass is 16.4. The molecule has 0 aromatic carbocycles. The highest BCUT2D eigenvalue weighted by Gasteiger charge is 1.92. The molecule has 1 atom stereocenters. The lowest BCUT2D eigenvalue weighted by molar-refractivity contribution is -0.131. The molecule has 2 N–H and O–H groups in total. The Morgan fingerprint density at radius 1 is 0.957 bits per heavy atom. The van der Waals surface area contributed by atoms with Crippen molar-refractivity contribution in [2.24, 2.45) is 0 Å². The van der Waals surface area contributed by atoms with Crippen molar-refractivity contribution >= 4 is 5.97 Å². The number of rotatable bonds is 13. The first kappa shape index (κ1) is 21.1. The minimum absolute atomic E-state index is 0.487. The molecule has 0 rings (SSSR count). The van der Waals surface area contributed by atoms with Gasteiger partial charge in [-0.15, -0.1) is 0 Å². The van der Waals surface area contributed by atoms with Crippen LogP contribution >= 0.6 is 0 Å². The summed E-state index contributed by atoms with van der Waals surface area (Å²) in [7, 11) is 0. The molecule has 128 valence electrons. The summed E-state index contributed by atoms with van der Waals surface area (Å²) < 4.78 is 0. The summed E-state index contributed by atoms with van der Waals surface area (Å²) in [6, 6.07) is 0. The second-order valence-corrected chi connectivity index (χ2v) is 5.27. The zero-order chi connectivity index (χ0) is 17.2. The molecule has 0 bridgehead atoms. The Morgan fingerprint density at radius 2 is 1.70 bits per heavy atom. The number of allylic oxidation sites excluding steroid dienone is 7. The summed E-state index contributed by atoms with van der Waals surface area (Å²) in [6.45, 7) is 2.21. The number of aliphatic hydroxyl groups is 1. The van der Waals surface area contributed by atoms with Gasteiger partial charge in [0.15, 0.2) is 0 Å². The van der Waals surface area contributed by atoms with Gasteiger partial charge in [-0.3, -0.25) is 0 Å². The van der Waals surface area contributed by atoms with Crippen LogP contribution in [0.3, 0.4) is 0 Å². The van der Waals surface area contributed by atoms with E-state index in [1.54, 1.807) is 24.3 Å². The van der Waals surface area contributed by atoms with Crippen LogP contribution < -0.4 is 0 Å². The van der Waals surface area contributed by atoms with Crippen LogP contribution in [0.1, 0.15) is 51.9 Å². The van der Waals surface area contributed by atoms with Crippen LogP contribution in [0.4, 0.5) is 0 Å². The van der Waals surface area contributed by atoms with Crippen molar-refractivity contribution in [3.05, 3.63) is 60.8 Å². The average Bonchev–Trinajstić information content (AvgIpc) is 2.52. The third-order valence-corrected chi connectivity index (χ3v) is 3.07. The van der Waals surface area contributed by atoms with E-state index in [1.807, 2.05) is 12.2 Å². The molecule has 0 fully saturated rings. The van der Waals surface area contributed by atoms with E-state index in [9.17, 15) is 9.90 Å². The first-order chi connectivity index (χ1) is 11.2. The van der Waals surface area contributed by atoms with E-state index in [-0.39, 0.29) is 0 Å². The van der Waals surface area contributed by atoms with Crippen LogP contribution in [0, 0.1) is 0 Å². The Hall–Kier alpha value is -1.87. The van der Waals surface area contributed by atoms with E-state index in [0.29, 0.717) is 12.8 Å². The Bertz CT molecular complexity index is 428. The lowest BCUT2D eigenvalue weighted by Crippen LogP contribution is -1.98. The number of unbranched alkanes of at least 4 members (excludes halogenated alkanes) is 3. The van der Waals surface area contributed by atoms with Gasteiger partial charge in [0.25, 0.3) is 0 Å². The average molecular weight is 318 g/mol. The summed E-state index contributed by atoms with van der Waals surface area (Å²) in [5.41, 5.74) is 0. The van der Waals surface area contributed by atoms with Gasteiger partial charge < -0.3 is 10.2 Å². The molecule has 0 spiro atoms. The molecule has 3 heteroatoms. The van der Waals surface area contributed by atoms with Crippen molar-refractivity contribution in [1.29, 1.82) is 0 Å². The SMILES string of the molecule is CCCCCC=CCC=CCC(O)C=CC=CCC=CC(=O)O. The van der Waals surface area contributed by atoms with Crippen molar-refractivity contribution in [3.8, 4) is 0 Å². The van der Waals surface area contributed by atoms with Gasteiger partial charge in [0.05, 0.1) is 6.10 Å². The molecular formula is C20H30O3. The van der Waals surface area contributed by atoms with E-state index in [2.05, 4.69) is 25.2 Å². The fourth-order valence-electron chi connectivity index (χ4n) is 1.81. The minimum atomic E-state index is -0.938. The molecule has 0 aromatic rings. The van der Waals surface area contributed by atoms with Gasteiger partial charge in [0.1, 0.15) is 0 Å². The molecule has 0 aliphatic carbocycles. The van der Waals surface area contributed by atoms with Crippen molar-refractivity contribution < 1.29 is 15.0 Å². The summed E-state index contributed by atoms with van der Waals surface area (Å²) in [5, 5.41) is 18.1. The van der Waals surface area contributed by atoms with Crippen molar-refractivity contribution in [2.45, 2.75) is 58.0 Å². The lowest BCUT2D eigenvalue weighted by atomic mass is 10.2. The lowest BCUT2D eigenvalue weighted by Gasteiger charge is -1.98. The first-order valence-electron chi connectivity index (χ1n) is 8.37. The maximum absolute atomic E-state index is 10.2. The van der Waals surface area contributed by atoms with Crippen LogP contribution in [0.15, 0.2) is 60.8 Å². The molecule has 0 saturated heterocycles. The van der Waals surface area contributed by atoms with Crippen LogP contribution in [-0.4, -0.2) is 22.3 Å². The molecule has 0 radical (unpaired) electrons. The smallest absolute Gasteiger partial charge is 0.327 e. The molecule has 0 aliphatic rings. The second-order valence-electron chi connectivity index (χ2n) is 5.27. The van der Waals surface area contributed by atoms with Gasteiger partial charge in [0, 0.05) is 6.08 Å². The van der Waals surface area contributed by atoms with Crippen molar-refractivity contribution in [1.82, 2.24) is 0 Å². The molecule has 0 heterocycles. The fourth-order valence-corrected chi connectivity index (χ4v) is 1.81. The number of aliphatic hydroxyl groups excluding tert-OH is 1. The van der Waals surface area contributed by atoms with Gasteiger partial charge in [-0.1, -0.05) is 74.4 Å². The molecule has 0 aromatic heterocycles. The number of hydrogen-bond donors (Lipinski definition) is 2. The number of carboxylic acid groups (broad SMARTS) is 1. The highest BCUT2D eigenvalue weighted by molar-refractivity contribution is 5.79. The van der Waals surface area contributed by atoms with E-state index in [4.69, 9.17) is 5.11 Å². The van der Waals surface area contributed by atoms with Gasteiger partial charge in [-0.05, 0) is 32.1 Å². The van der Waals surface area contributed by atoms with Gasteiger partial charge in [-0.25, -0.2) is 4.79 Å². The summed E-state index contributed by atoms with van der Waals surface area (Å²) in [4.78, 5) is 10.2. The molecule has 0 amide bonds. The summed E-state index contributed by atoms with van der Waals surface area (Å²) >= 11 is 0.